The predicted octanol–water partition coefficient (Wildman–Crippen LogP) is 0.793. The molecule has 4 nitrogen and oxygen atoms in total. The maximum absolute atomic E-state index is 13.4. The Hall–Kier alpha value is -1.49. The van der Waals surface area contributed by atoms with Gasteiger partial charge in [-0.15, -0.1) is 0 Å². The van der Waals surface area contributed by atoms with Gasteiger partial charge in [0.15, 0.2) is 11.6 Å². The van der Waals surface area contributed by atoms with Crippen LogP contribution in [0.25, 0.3) is 0 Å². The molecule has 1 N–H and O–H groups in total. The number of nitrogens with zero attached hydrogens (tertiary/aromatic N) is 1. The zero-order valence-corrected chi connectivity index (χ0v) is 7.82. The van der Waals surface area contributed by atoms with Crippen LogP contribution >= 0.6 is 0 Å². The molecule has 1 aromatic rings. The molecule has 0 saturated heterocycles. The molecule has 0 bridgehead atoms. The molecule has 0 amide bonds. The fourth-order valence-electron chi connectivity index (χ4n) is 0.982. The van der Waals surface area contributed by atoms with Crippen molar-refractivity contribution in [3.63, 3.8) is 0 Å². The summed E-state index contributed by atoms with van der Waals surface area (Å²) in [5.41, 5.74) is -0.216. The quantitative estimate of drug-likeness (QED) is 0.731. The van der Waals surface area contributed by atoms with Crippen molar-refractivity contribution in [2.45, 2.75) is 13.0 Å². The fraction of sp³-hybridized carbons (Fsp3) is 0.333. The number of hydrogen-bond acceptors (Lipinski definition) is 4. The van der Waals surface area contributed by atoms with Crippen molar-refractivity contribution in [2.24, 2.45) is 0 Å². The first-order valence-corrected chi connectivity index (χ1v) is 3.98. The second-order valence-corrected chi connectivity index (χ2v) is 2.72. The number of aliphatic hydroxyl groups is 1. The van der Waals surface area contributed by atoms with E-state index in [0.29, 0.717) is 0 Å². The van der Waals surface area contributed by atoms with Crippen molar-refractivity contribution in [3.05, 3.63) is 23.6 Å². The molecule has 0 aliphatic heterocycles. The minimum Gasteiger partial charge on any atom is -0.479 e. The SMILES string of the molecule is COc1nccc(C(=O)C(C)O)c1F. The number of aromatic nitrogens is 1. The molecule has 0 aliphatic carbocycles. The topological polar surface area (TPSA) is 59.4 Å². The van der Waals surface area contributed by atoms with Gasteiger partial charge in [0.05, 0.1) is 12.7 Å². The van der Waals surface area contributed by atoms with E-state index in [1.165, 1.54) is 26.3 Å². The van der Waals surface area contributed by atoms with Crippen LogP contribution in [0.1, 0.15) is 17.3 Å². The highest BCUT2D eigenvalue weighted by atomic mass is 19.1. The largest absolute Gasteiger partial charge is 0.479 e. The van der Waals surface area contributed by atoms with Crippen molar-refractivity contribution >= 4 is 5.78 Å². The minimum atomic E-state index is -1.24. The zero-order chi connectivity index (χ0) is 10.7. The lowest BCUT2D eigenvalue weighted by atomic mass is 10.1. The third-order valence-corrected chi connectivity index (χ3v) is 1.70. The number of carbonyl (C=O) groups excluding carboxylic acids is 1. The summed E-state index contributed by atoms with van der Waals surface area (Å²) in [7, 11) is 1.25. The molecule has 1 heterocycles. The summed E-state index contributed by atoms with van der Waals surface area (Å²) in [5.74, 6) is -1.79. The number of Topliss-reactive ketones (excluding diaryl/α,β-unsaturated/α-hetero) is 1. The van der Waals surface area contributed by atoms with E-state index >= 15 is 0 Å². The molecule has 0 radical (unpaired) electrons. The molecular weight excluding hydrogens is 189 g/mol. The first-order valence-electron chi connectivity index (χ1n) is 3.98. The summed E-state index contributed by atoms with van der Waals surface area (Å²) in [6, 6.07) is 1.20. The molecule has 1 unspecified atom stereocenters. The molecule has 76 valence electrons. The van der Waals surface area contributed by atoms with Crippen LogP contribution in [0.5, 0.6) is 5.88 Å². The lowest BCUT2D eigenvalue weighted by Crippen LogP contribution is -2.18. The van der Waals surface area contributed by atoms with E-state index < -0.39 is 17.7 Å². The molecule has 1 atom stereocenters. The van der Waals surface area contributed by atoms with E-state index in [1.54, 1.807) is 0 Å². The van der Waals surface area contributed by atoms with Crippen LogP contribution in [-0.2, 0) is 0 Å². The van der Waals surface area contributed by atoms with E-state index in [2.05, 4.69) is 9.72 Å². The molecule has 1 aromatic heterocycles. The van der Waals surface area contributed by atoms with Gasteiger partial charge >= 0.3 is 0 Å². The van der Waals surface area contributed by atoms with Gasteiger partial charge in [0, 0.05) is 6.20 Å². The van der Waals surface area contributed by atoms with E-state index in [-0.39, 0.29) is 11.4 Å². The summed E-state index contributed by atoms with van der Waals surface area (Å²) in [5, 5.41) is 8.98. The van der Waals surface area contributed by atoms with Gasteiger partial charge in [-0.3, -0.25) is 4.79 Å². The maximum Gasteiger partial charge on any atom is 0.250 e. The minimum absolute atomic E-state index is 0.216. The highest BCUT2D eigenvalue weighted by molar-refractivity contribution is 5.99. The molecule has 14 heavy (non-hydrogen) atoms. The summed E-state index contributed by atoms with van der Waals surface area (Å²) in [6.45, 7) is 1.27. The first kappa shape index (κ1) is 10.6. The Morgan fingerprint density at radius 3 is 2.86 bits per heavy atom. The Morgan fingerprint density at radius 2 is 2.36 bits per heavy atom. The fourth-order valence-corrected chi connectivity index (χ4v) is 0.982. The Kier molecular flexibility index (Phi) is 3.14. The average molecular weight is 199 g/mol. The number of ketones is 1. The zero-order valence-electron chi connectivity index (χ0n) is 7.82. The predicted molar refractivity (Wildman–Crippen MR) is 46.8 cm³/mol. The number of rotatable bonds is 3. The highest BCUT2D eigenvalue weighted by Gasteiger charge is 2.19. The van der Waals surface area contributed by atoms with Gasteiger partial charge in [-0.25, -0.2) is 9.37 Å². The van der Waals surface area contributed by atoms with Gasteiger partial charge in [-0.2, -0.15) is 0 Å². The second-order valence-electron chi connectivity index (χ2n) is 2.72. The number of ether oxygens (including phenoxy) is 1. The number of halogens is 1. The summed E-state index contributed by atoms with van der Waals surface area (Å²) in [4.78, 5) is 14.8. The van der Waals surface area contributed by atoms with Crippen LogP contribution in [0.2, 0.25) is 0 Å². The van der Waals surface area contributed by atoms with E-state index in [9.17, 15) is 9.18 Å². The van der Waals surface area contributed by atoms with Crippen molar-refractivity contribution < 1.29 is 19.0 Å². The van der Waals surface area contributed by atoms with Crippen molar-refractivity contribution in [3.8, 4) is 5.88 Å². The number of pyridine rings is 1. The molecule has 0 fully saturated rings. The lowest BCUT2D eigenvalue weighted by Gasteiger charge is -2.06. The Bertz CT molecular complexity index is 352. The smallest absolute Gasteiger partial charge is 0.250 e. The third kappa shape index (κ3) is 1.88. The van der Waals surface area contributed by atoms with Gasteiger partial charge in [0.2, 0.25) is 0 Å². The number of methoxy groups -OCH3 is 1. The first-order chi connectivity index (χ1) is 6.57. The number of aliphatic hydroxyl groups excluding tert-OH is 1. The summed E-state index contributed by atoms with van der Waals surface area (Å²) in [6.07, 6.45) is 0.00829. The van der Waals surface area contributed by atoms with Crippen LogP contribution in [0.3, 0.4) is 0 Å². The molecule has 5 heteroatoms. The van der Waals surface area contributed by atoms with Gasteiger partial charge in [-0.1, -0.05) is 0 Å². The Balaban J connectivity index is 3.16. The van der Waals surface area contributed by atoms with Crippen LogP contribution < -0.4 is 4.74 Å². The van der Waals surface area contributed by atoms with Crippen molar-refractivity contribution in [1.82, 2.24) is 4.98 Å². The van der Waals surface area contributed by atoms with Gasteiger partial charge in [0.25, 0.3) is 5.88 Å². The van der Waals surface area contributed by atoms with Crippen LogP contribution in [0.15, 0.2) is 12.3 Å². The number of carbonyl (C=O) groups is 1. The van der Waals surface area contributed by atoms with E-state index in [4.69, 9.17) is 5.11 Å². The average Bonchev–Trinajstić information content (AvgIpc) is 2.17. The number of hydrogen-bond donors (Lipinski definition) is 1. The molecule has 1 rings (SSSR count). The molecule has 0 saturated carbocycles. The highest BCUT2D eigenvalue weighted by Crippen LogP contribution is 2.17. The summed E-state index contributed by atoms with van der Waals surface area (Å²) >= 11 is 0. The maximum atomic E-state index is 13.4. The second kappa shape index (κ2) is 4.15. The van der Waals surface area contributed by atoms with Crippen LogP contribution in [0, 0.1) is 5.82 Å². The van der Waals surface area contributed by atoms with Gasteiger partial charge in [-0.05, 0) is 13.0 Å². The van der Waals surface area contributed by atoms with Gasteiger partial charge in [0.1, 0.15) is 6.10 Å². The van der Waals surface area contributed by atoms with Crippen LogP contribution in [-0.4, -0.2) is 29.1 Å². The molecule has 0 aliphatic rings. The Labute approximate surface area is 80.3 Å². The standard InChI is InChI=1S/C9H10FNO3/c1-5(12)8(13)6-3-4-11-9(14-2)7(6)10/h3-5,12H,1-2H3. The lowest BCUT2D eigenvalue weighted by molar-refractivity contribution is 0.0774. The monoisotopic (exact) mass is 199 g/mol. The summed E-state index contributed by atoms with van der Waals surface area (Å²) < 4.78 is 18.0. The molecule has 0 spiro atoms. The van der Waals surface area contributed by atoms with E-state index in [1.807, 2.05) is 0 Å². The molecular formula is C9H10FNO3. The Morgan fingerprint density at radius 1 is 1.71 bits per heavy atom. The molecule has 0 aromatic carbocycles. The third-order valence-electron chi connectivity index (χ3n) is 1.70. The van der Waals surface area contributed by atoms with Crippen molar-refractivity contribution in [2.75, 3.05) is 7.11 Å². The van der Waals surface area contributed by atoms with Gasteiger partial charge < -0.3 is 9.84 Å². The van der Waals surface area contributed by atoms with Crippen LogP contribution in [0.4, 0.5) is 4.39 Å². The van der Waals surface area contributed by atoms with Crippen molar-refractivity contribution in [1.29, 1.82) is 0 Å². The normalized spacial score (nSPS) is 12.3. The van der Waals surface area contributed by atoms with E-state index in [0.717, 1.165) is 0 Å².